The van der Waals surface area contributed by atoms with Gasteiger partial charge >= 0.3 is 0 Å². The molecule has 0 unspecified atom stereocenters. The fourth-order valence-electron chi connectivity index (χ4n) is 2.35. The Labute approximate surface area is 133 Å². The largest absolute Gasteiger partial charge is 0.370 e. The molecule has 3 heterocycles. The topological polar surface area (TPSA) is 83.5 Å². The quantitative estimate of drug-likeness (QED) is 0.661. The number of anilines is 1. The molecule has 0 saturated carbocycles. The van der Waals surface area contributed by atoms with E-state index in [1.807, 2.05) is 4.90 Å². The average molecular weight is 315 g/mol. The molecule has 1 fully saturated rings. The zero-order valence-electron chi connectivity index (χ0n) is 12.6. The zero-order chi connectivity index (χ0) is 16.1. The van der Waals surface area contributed by atoms with Crippen LogP contribution in [0.3, 0.4) is 0 Å². The molecule has 120 valence electrons. The fourth-order valence-corrected chi connectivity index (χ4v) is 2.35. The predicted molar refractivity (Wildman–Crippen MR) is 85.3 cm³/mol. The molecule has 3 rings (SSSR count). The van der Waals surface area contributed by atoms with Crippen LogP contribution < -0.4 is 10.6 Å². The van der Waals surface area contributed by atoms with E-state index in [-0.39, 0.29) is 5.82 Å². The van der Waals surface area contributed by atoms with Crippen LogP contribution in [0.4, 0.5) is 10.3 Å². The smallest absolute Gasteiger partial charge is 0.225 e. The molecule has 2 aromatic heterocycles. The lowest BCUT2D eigenvalue weighted by molar-refractivity contribution is 0.378. The van der Waals surface area contributed by atoms with E-state index < -0.39 is 0 Å². The van der Waals surface area contributed by atoms with E-state index in [0.29, 0.717) is 18.2 Å². The Bertz CT molecular complexity index is 651. The molecule has 1 saturated heterocycles. The number of aliphatic imine (C=N–C) groups is 1. The molecule has 2 N–H and O–H groups in total. The van der Waals surface area contributed by atoms with Crippen LogP contribution in [0.5, 0.6) is 0 Å². The molecule has 7 nitrogen and oxygen atoms in total. The number of aromatic nitrogens is 3. The highest BCUT2D eigenvalue weighted by Gasteiger charge is 2.19. The molecule has 0 atom stereocenters. The highest BCUT2D eigenvalue weighted by atomic mass is 19.1. The summed E-state index contributed by atoms with van der Waals surface area (Å²) in [6, 6.07) is 4.78. The van der Waals surface area contributed by atoms with Crippen molar-refractivity contribution in [2.45, 2.75) is 6.54 Å². The third kappa shape index (κ3) is 3.91. The zero-order valence-corrected chi connectivity index (χ0v) is 12.6. The lowest BCUT2D eigenvalue weighted by Gasteiger charge is -2.35. The molecule has 0 radical (unpaired) electrons. The van der Waals surface area contributed by atoms with Gasteiger partial charge in [0.25, 0.3) is 0 Å². The molecule has 0 aliphatic carbocycles. The van der Waals surface area contributed by atoms with E-state index in [1.54, 1.807) is 24.5 Å². The van der Waals surface area contributed by atoms with Crippen LogP contribution in [0.15, 0.2) is 41.8 Å². The molecule has 0 spiro atoms. The van der Waals surface area contributed by atoms with Crippen LogP contribution >= 0.6 is 0 Å². The van der Waals surface area contributed by atoms with Crippen LogP contribution in [-0.4, -0.2) is 52.0 Å². The van der Waals surface area contributed by atoms with Gasteiger partial charge in [0.05, 0.1) is 18.4 Å². The Morgan fingerprint density at radius 1 is 1.13 bits per heavy atom. The van der Waals surface area contributed by atoms with E-state index >= 15 is 0 Å². The van der Waals surface area contributed by atoms with Crippen LogP contribution in [0, 0.1) is 5.82 Å². The molecule has 23 heavy (non-hydrogen) atoms. The van der Waals surface area contributed by atoms with Gasteiger partial charge in [0.15, 0.2) is 5.96 Å². The normalized spacial score (nSPS) is 15.8. The summed E-state index contributed by atoms with van der Waals surface area (Å²) in [7, 11) is 0. The average Bonchev–Trinajstić information content (AvgIpc) is 2.62. The molecule has 1 aliphatic heterocycles. The molecule has 2 aromatic rings. The number of pyridine rings is 1. The van der Waals surface area contributed by atoms with Gasteiger partial charge in [-0.2, -0.15) is 0 Å². The van der Waals surface area contributed by atoms with Crippen molar-refractivity contribution in [2.24, 2.45) is 10.7 Å². The van der Waals surface area contributed by atoms with Crippen molar-refractivity contribution in [3.8, 4) is 0 Å². The van der Waals surface area contributed by atoms with E-state index in [4.69, 9.17) is 5.73 Å². The van der Waals surface area contributed by atoms with Gasteiger partial charge < -0.3 is 15.5 Å². The minimum absolute atomic E-state index is 0.341. The number of nitrogens with two attached hydrogens (primary N) is 1. The number of hydrogen-bond acceptors (Lipinski definition) is 5. The minimum atomic E-state index is -0.357. The SMILES string of the molecule is NC(=NCc1ccc(F)cn1)N1CCN(c2ncccn2)CC1. The number of nitrogens with zero attached hydrogens (tertiary/aromatic N) is 6. The summed E-state index contributed by atoms with van der Waals surface area (Å²) in [6.45, 7) is 3.42. The van der Waals surface area contributed by atoms with Crippen LogP contribution in [0.2, 0.25) is 0 Å². The number of hydrogen-bond donors (Lipinski definition) is 1. The van der Waals surface area contributed by atoms with E-state index in [9.17, 15) is 4.39 Å². The molecule has 8 heteroatoms. The lowest BCUT2D eigenvalue weighted by atomic mass is 10.3. The van der Waals surface area contributed by atoms with Gasteiger partial charge in [-0.15, -0.1) is 0 Å². The summed E-state index contributed by atoms with van der Waals surface area (Å²) in [5.74, 6) is 0.855. The summed E-state index contributed by atoms with van der Waals surface area (Å²) in [5, 5.41) is 0. The molecular formula is C15H18FN7. The molecular weight excluding hydrogens is 297 g/mol. The van der Waals surface area contributed by atoms with Crippen molar-refractivity contribution >= 4 is 11.9 Å². The first kappa shape index (κ1) is 15.1. The monoisotopic (exact) mass is 315 g/mol. The van der Waals surface area contributed by atoms with Crippen molar-refractivity contribution < 1.29 is 4.39 Å². The van der Waals surface area contributed by atoms with Crippen LogP contribution in [-0.2, 0) is 6.54 Å². The van der Waals surface area contributed by atoms with E-state index in [1.165, 1.54) is 12.3 Å². The third-order valence-corrected chi connectivity index (χ3v) is 3.63. The second kappa shape index (κ2) is 6.99. The number of piperazine rings is 1. The standard InChI is InChI=1S/C15H18FN7/c16-12-2-3-13(20-10-12)11-21-14(17)22-6-8-23(9-7-22)15-18-4-1-5-19-15/h1-5,10H,6-9,11H2,(H2,17,21). The molecule has 0 bridgehead atoms. The summed E-state index contributed by atoms with van der Waals surface area (Å²) < 4.78 is 12.8. The first-order chi connectivity index (χ1) is 11.2. The summed E-state index contributed by atoms with van der Waals surface area (Å²) in [5.41, 5.74) is 6.72. The highest BCUT2D eigenvalue weighted by Crippen LogP contribution is 2.09. The van der Waals surface area contributed by atoms with Gasteiger partial charge in [-0.1, -0.05) is 0 Å². The second-order valence-corrected chi connectivity index (χ2v) is 5.17. The van der Waals surface area contributed by atoms with Crippen molar-refractivity contribution in [1.29, 1.82) is 0 Å². The predicted octanol–water partition coefficient (Wildman–Crippen LogP) is 0.648. The van der Waals surface area contributed by atoms with Crippen molar-refractivity contribution in [2.75, 3.05) is 31.1 Å². The highest BCUT2D eigenvalue weighted by molar-refractivity contribution is 5.78. The Hall–Kier alpha value is -2.77. The maximum atomic E-state index is 12.8. The Balaban J connectivity index is 1.54. The lowest BCUT2D eigenvalue weighted by Crippen LogP contribution is -2.51. The molecule has 0 aromatic carbocycles. The van der Waals surface area contributed by atoms with Gasteiger partial charge in [0.2, 0.25) is 5.95 Å². The van der Waals surface area contributed by atoms with Crippen molar-refractivity contribution in [3.05, 3.63) is 48.3 Å². The Kier molecular flexibility index (Phi) is 4.60. The fraction of sp³-hybridized carbons (Fsp3) is 0.333. The number of guanidine groups is 1. The van der Waals surface area contributed by atoms with Crippen molar-refractivity contribution in [3.63, 3.8) is 0 Å². The first-order valence-electron chi connectivity index (χ1n) is 7.39. The second-order valence-electron chi connectivity index (χ2n) is 5.17. The van der Waals surface area contributed by atoms with E-state index in [0.717, 1.165) is 32.1 Å². The maximum Gasteiger partial charge on any atom is 0.225 e. The number of halogens is 1. The summed E-state index contributed by atoms with van der Waals surface area (Å²) in [6.07, 6.45) is 4.65. The Morgan fingerprint density at radius 3 is 2.52 bits per heavy atom. The first-order valence-corrected chi connectivity index (χ1v) is 7.39. The molecule has 1 aliphatic rings. The van der Waals surface area contributed by atoms with Gasteiger partial charge in [-0.05, 0) is 18.2 Å². The third-order valence-electron chi connectivity index (χ3n) is 3.63. The summed E-state index contributed by atoms with van der Waals surface area (Å²) in [4.78, 5) is 20.9. The van der Waals surface area contributed by atoms with Gasteiger partial charge in [-0.25, -0.2) is 19.4 Å². The summed E-state index contributed by atoms with van der Waals surface area (Å²) >= 11 is 0. The molecule has 0 amide bonds. The van der Waals surface area contributed by atoms with Crippen LogP contribution in [0.25, 0.3) is 0 Å². The van der Waals surface area contributed by atoms with E-state index in [2.05, 4.69) is 24.8 Å². The minimum Gasteiger partial charge on any atom is -0.370 e. The van der Waals surface area contributed by atoms with Crippen molar-refractivity contribution in [1.82, 2.24) is 19.9 Å². The van der Waals surface area contributed by atoms with Crippen LogP contribution in [0.1, 0.15) is 5.69 Å². The van der Waals surface area contributed by atoms with Gasteiger partial charge in [0.1, 0.15) is 5.82 Å². The Morgan fingerprint density at radius 2 is 1.87 bits per heavy atom. The van der Waals surface area contributed by atoms with Gasteiger partial charge in [0, 0.05) is 38.6 Å². The maximum absolute atomic E-state index is 12.8. The number of rotatable bonds is 3. The van der Waals surface area contributed by atoms with Gasteiger partial charge in [-0.3, -0.25) is 4.98 Å².